The van der Waals surface area contributed by atoms with Crippen molar-refractivity contribution in [3.05, 3.63) is 0 Å². The Hall–Kier alpha value is -0.0700. The van der Waals surface area contributed by atoms with E-state index in [2.05, 4.69) is 6.92 Å². The van der Waals surface area contributed by atoms with E-state index in [1.807, 2.05) is 0 Å². The Kier molecular flexibility index (Phi) is 0.750. The van der Waals surface area contributed by atoms with Crippen molar-refractivity contribution in [2.45, 2.75) is 25.9 Å². The number of hydrogen-bond donors (Lipinski definition) is 0. The minimum absolute atomic E-state index is 0.412. The SMILES string of the molecule is CC1CC2CC1C2F. The van der Waals surface area contributed by atoms with Crippen LogP contribution in [0.1, 0.15) is 19.8 Å². The highest BCUT2D eigenvalue weighted by Gasteiger charge is 2.51. The molecule has 46 valence electrons. The molecule has 0 aromatic heterocycles. The molecule has 3 aliphatic carbocycles. The Bertz CT molecular complexity index is 107. The van der Waals surface area contributed by atoms with Crippen LogP contribution in [0.2, 0.25) is 0 Å². The first-order valence-corrected chi connectivity index (χ1v) is 3.43. The highest BCUT2D eigenvalue weighted by molar-refractivity contribution is 5.00. The summed E-state index contributed by atoms with van der Waals surface area (Å²) in [6.45, 7) is 2.17. The summed E-state index contributed by atoms with van der Waals surface area (Å²) in [6, 6.07) is 0. The van der Waals surface area contributed by atoms with E-state index in [0.29, 0.717) is 17.8 Å². The third kappa shape index (κ3) is 0.363. The maximum atomic E-state index is 12.6. The van der Waals surface area contributed by atoms with Crippen LogP contribution in [0.4, 0.5) is 4.39 Å². The molecule has 3 saturated carbocycles. The van der Waals surface area contributed by atoms with E-state index in [9.17, 15) is 4.39 Å². The summed E-state index contributed by atoms with van der Waals surface area (Å²) in [5.41, 5.74) is 0. The second-order valence-corrected chi connectivity index (χ2v) is 3.32. The number of rotatable bonds is 0. The average molecular weight is 114 g/mol. The van der Waals surface area contributed by atoms with Gasteiger partial charge < -0.3 is 0 Å². The summed E-state index contributed by atoms with van der Waals surface area (Å²) in [5.74, 6) is 1.62. The minimum Gasteiger partial charge on any atom is -0.247 e. The normalized spacial score (nSPS) is 60.8. The van der Waals surface area contributed by atoms with Gasteiger partial charge in [-0.3, -0.25) is 0 Å². The molecule has 0 saturated heterocycles. The predicted molar refractivity (Wildman–Crippen MR) is 30.3 cm³/mol. The quantitative estimate of drug-likeness (QED) is 0.452. The largest absolute Gasteiger partial charge is 0.247 e. The van der Waals surface area contributed by atoms with Crippen LogP contribution in [0.5, 0.6) is 0 Å². The van der Waals surface area contributed by atoms with Crippen LogP contribution >= 0.6 is 0 Å². The average Bonchev–Trinajstić information content (AvgIpc) is 2.19. The van der Waals surface area contributed by atoms with Gasteiger partial charge in [0, 0.05) is 0 Å². The Labute approximate surface area is 49.1 Å². The zero-order valence-corrected chi connectivity index (χ0v) is 5.10. The van der Waals surface area contributed by atoms with E-state index in [1.54, 1.807) is 0 Å². The Morgan fingerprint density at radius 3 is 2.25 bits per heavy atom. The highest BCUT2D eigenvalue weighted by Crippen LogP contribution is 2.53. The van der Waals surface area contributed by atoms with E-state index in [0.717, 1.165) is 6.42 Å². The monoisotopic (exact) mass is 114 g/mol. The minimum atomic E-state index is -0.412. The van der Waals surface area contributed by atoms with Gasteiger partial charge in [-0.05, 0) is 30.6 Å². The third-order valence-corrected chi connectivity index (χ3v) is 2.84. The first-order chi connectivity index (χ1) is 3.79. The molecule has 0 aliphatic heterocycles. The van der Waals surface area contributed by atoms with Gasteiger partial charge in [-0.25, -0.2) is 4.39 Å². The number of alkyl halides is 1. The summed E-state index contributed by atoms with van der Waals surface area (Å²) in [7, 11) is 0. The van der Waals surface area contributed by atoms with Crippen molar-refractivity contribution in [1.82, 2.24) is 0 Å². The van der Waals surface area contributed by atoms with Crippen LogP contribution in [0, 0.1) is 17.8 Å². The Morgan fingerprint density at radius 2 is 2.12 bits per heavy atom. The number of halogens is 1. The van der Waals surface area contributed by atoms with Crippen molar-refractivity contribution in [2.24, 2.45) is 17.8 Å². The number of hydrogen-bond acceptors (Lipinski definition) is 0. The van der Waals surface area contributed by atoms with Gasteiger partial charge in [-0.2, -0.15) is 0 Å². The van der Waals surface area contributed by atoms with E-state index >= 15 is 0 Å². The van der Waals surface area contributed by atoms with E-state index in [-0.39, 0.29) is 0 Å². The Balaban J connectivity index is 2.13. The second-order valence-electron chi connectivity index (χ2n) is 3.32. The molecule has 0 nitrogen and oxygen atoms in total. The van der Waals surface area contributed by atoms with Gasteiger partial charge in [0.2, 0.25) is 0 Å². The molecule has 0 heterocycles. The molecule has 3 aliphatic rings. The smallest absolute Gasteiger partial charge is 0.106 e. The van der Waals surface area contributed by atoms with Crippen LogP contribution in [0.25, 0.3) is 0 Å². The molecule has 8 heavy (non-hydrogen) atoms. The summed E-state index contributed by atoms with van der Waals surface area (Å²) in [5, 5.41) is 0. The van der Waals surface area contributed by atoms with E-state index < -0.39 is 6.17 Å². The first kappa shape index (κ1) is 4.78. The second kappa shape index (κ2) is 1.26. The molecular weight excluding hydrogens is 103 g/mol. The molecule has 0 N–H and O–H groups in total. The molecule has 3 rings (SSSR count). The lowest BCUT2D eigenvalue weighted by Gasteiger charge is -2.29. The summed E-state index contributed by atoms with van der Waals surface area (Å²) in [4.78, 5) is 0. The molecule has 4 atom stereocenters. The van der Waals surface area contributed by atoms with Crippen LogP contribution < -0.4 is 0 Å². The van der Waals surface area contributed by atoms with Crippen LogP contribution in [-0.4, -0.2) is 6.17 Å². The fourth-order valence-corrected chi connectivity index (χ4v) is 2.19. The van der Waals surface area contributed by atoms with E-state index in [1.165, 1.54) is 6.42 Å². The summed E-state index contributed by atoms with van der Waals surface area (Å²) in [6.07, 6.45) is 1.93. The third-order valence-electron chi connectivity index (χ3n) is 2.84. The Morgan fingerprint density at radius 1 is 1.38 bits per heavy atom. The lowest BCUT2D eigenvalue weighted by atomic mass is 9.81. The molecule has 0 aromatic rings. The first-order valence-electron chi connectivity index (χ1n) is 3.43. The fraction of sp³-hybridized carbons (Fsp3) is 1.00. The molecule has 4 unspecified atom stereocenters. The predicted octanol–water partition coefficient (Wildman–Crippen LogP) is 2.00. The molecule has 0 radical (unpaired) electrons. The maximum absolute atomic E-state index is 12.6. The topological polar surface area (TPSA) is 0 Å². The molecule has 3 fully saturated rings. The molecule has 2 bridgehead atoms. The zero-order chi connectivity index (χ0) is 5.72. The maximum Gasteiger partial charge on any atom is 0.106 e. The van der Waals surface area contributed by atoms with Gasteiger partial charge in [0.1, 0.15) is 6.17 Å². The van der Waals surface area contributed by atoms with Crippen molar-refractivity contribution in [1.29, 1.82) is 0 Å². The molecule has 0 aromatic carbocycles. The van der Waals surface area contributed by atoms with Gasteiger partial charge >= 0.3 is 0 Å². The molecule has 0 amide bonds. The zero-order valence-electron chi connectivity index (χ0n) is 5.10. The van der Waals surface area contributed by atoms with Crippen LogP contribution in [0.3, 0.4) is 0 Å². The number of fused-ring (bicyclic) bond motifs is 1. The van der Waals surface area contributed by atoms with Crippen molar-refractivity contribution >= 4 is 0 Å². The lowest BCUT2D eigenvalue weighted by Crippen LogP contribution is -2.30. The fourth-order valence-electron chi connectivity index (χ4n) is 2.19. The van der Waals surface area contributed by atoms with Gasteiger partial charge in [-0.1, -0.05) is 6.92 Å². The molecule has 1 heteroatoms. The van der Waals surface area contributed by atoms with Crippen LogP contribution in [0.15, 0.2) is 0 Å². The standard InChI is InChI=1S/C7H11F/c1-4-2-5-3-6(4)7(5)8/h4-7H,2-3H2,1H3. The highest BCUT2D eigenvalue weighted by atomic mass is 19.1. The van der Waals surface area contributed by atoms with Gasteiger partial charge in [-0.15, -0.1) is 0 Å². The molecule has 0 spiro atoms. The van der Waals surface area contributed by atoms with Crippen molar-refractivity contribution in [3.63, 3.8) is 0 Å². The van der Waals surface area contributed by atoms with Crippen LogP contribution in [-0.2, 0) is 0 Å². The summed E-state index contributed by atoms with van der Waals surface area (Å²) >= 11 is 0. The van der Waals surface area contributed by atoms with E-state index in [4.69, 9.17) is 0 Å². The van der Waals surface area contributed by atoms with Gasteiger partial charge in [0.25, 0.3) is 0 Å². The van der Waals surface area contributed by atoms with Gasteiger partial charge in [0.05, 0.1) is 0 Å². The lowest BCUT2D eigenvalue weighted by molar-refractivity contribution is 0.0860. The van der Waals surface area contributed by atoms with Crippen molar-refractivity contribution < 1.29 is 4.39 Å². The van der Waals surface area contributed by atoms with Gasteiger partial charge in [0.15, 0.2) is 0 Å². The van der Waals surface area contributed by atoms with Crippen molar-refractivity contribution in [2.75, 3.05) is 0 Å². The molecular formula is C7H11F. The van der Waals surface area contributed by atoms with Crippen molar-refractivity contribution in [3.8, 4) is 0 Å². The summed E-state index contributed by atoms with van der Waals surface area (Å²) < 4.78 is 12.6.